The monoisotopic (exact) mass is 296 g/mol. The van der Waals surface area contributed by atoms with Crippen molar-refractivity contribution in [3.8, 4) is 0 Å². The Labute approximate surface area is 124 Å². The average molecular weight is 296 g/mol. The molecule has 0 spiro atoms. The zero-order valence-corrected chi connectivity index (χ0v) is 13.3. The summed E-state index contributed by atoms with van der Waals surface area (Å²) >= 11 is 1.75. The molecular formula is C15H24N2O2S. The second kappa shape index (κ2) is 6.14. The van der Waals surface area contributed by atoms with Gasteiger partial charge in [-0.1, -0.05) is 6.07 Å². The quantitative estimate of drug-likeness (QED) is 0.876. The number of carbonyl (C=O) groups is 1. The van der Waals surface area contributed by atoms with Crippen molar-refractivity contribution in [1.29, 1.82) is 0 Å². The van der Waals surface area contributed by atoms with E-state index in [2.05, 4.69) is 28.1 Å². The summed E-state index contributed by atoms with van der Waals surface area (Å²) in [6.45, 7) is 7.30. The molecule has 4 nitrogen and oxygen atoms in total. The number of hydrogen-bond acceptors (Lipinski definition) is 4. The summed E-state index contributed by atoms with van der Waals surface area (Å²) in [5.74, 6) is 0. The predicted octanol–water partition coefficient (Wildman–Crippen LogP) is 3.29. The van der Waals surface area contributed by atoms with Gasteiger partial charge < -0.3 is 15.4 Å². The molecule has 1 aliphatic rings. The fourth-order valence-corrected chi connectivity index (χ4v) is 2.98. The van der Waals surface area contributed by atoms with Gasteiger partial charge in [0.2, 0.25) is 0 Å². The van der Waals surface area contributed by atoms with Crippen LogP contribution in [0.2, 0.25) is 0 Å². The molecule has 112 valence electrons. The van der Waals surface area contributed by atoms with Gasteiger partial charge >= 0.3 is 6.09 Å². The molecule has 0 aliphatic heterocycles. The van der Waals surface area contributed by atoms with Gasteiger partial charge in [0, 0.05) is 18.0 Å². The van der Waals surface area contributed by atoms with Crippen LogP contribution in [-0.2, 0) is 11.3 Å². The number of ether oxygens (including phenoxy) is 1. The molecule has 1 amide bonds. The van der Waals surface area contributed by atoms with E-state index in [0.29, 0.717) is 0 Å². The summed E-state index contributed by atoms with van der Waals surface area (Å²) < 4.78 is 5.35. The van der Waals surface area contributed by atoms with Crippen molar-refractivity contribution in [1.82, 2.24) is 10.6 Å². The molecule has 5 heteroatoms. The third-order valence-electron chi connectivity index (χ3n) is 3.42. The maximum Gasteiger partial charge on any atom is 0.408 e. The van der Waals surface area contributed by atoms with Gasteiger partial charge in [0.15, 0.2) is 0 Å². The van der Waals surface area contributed by atoms with Crippen molar-refractivity contribution < 1.29 is 9.53 Å². The minimum atomic E-state index is -0.445. The predicted molar refractivity (Wildman–Crippen MR) is 82.0 cm³/mol. The van der Waals surface area contributed by atoms with Crippen LogP contribution in [0.5, 0.6) is 0 Å². The van der Waals surface area contributed by atoms with Crippen LogP contribution in [0.15, 0.2) is 17.5 Å². The SMILES string of the molecule is CC(C)(C)OC(=O)NC1(CNCc2cccs2)CCC1. The van der Waals surface area contributed by atoms with E-state index in [-0.39, 0.29) is 11.6 Å². The van der Waals surface area contributed by atoms with Gasteiger partial charge in [-0.05, 0) is 51.5 Å². The summed E-state index contributed by atoms with van der Waals surface area (Å²) in [5, 5.41) is 8.56. The van der Waals surface area contributed by atoms with Crippen LogP contribution in [0, 0.1) is 0 Å². The topological polar surface area (TPSA) is 50.4 Å². The van der Waals surface area contributed by atoms with Crippen molar-refractivity contribution in [2.75, 3.05) is 6.54 Å². The Morgan fingerprint density at radius 2 is 2.20 bits per heavy atom. The Bertz CT molecular complexity index is 433. The normalized spacial score (nSPS) is 17.4. The fourth-order valence-electron chi connectivity index (χ4n) is 2.31. The molecule has 0 aromatic carbocycles. The van der Waals surface area contributed by atoms with Crippen LogP contribution in [0.25, 0.3) is 0 Å². The van der Waals surface area contributed by atoms with E-state index < -0.39 is 5.60 Å². The standard InChI is InChI=1S/C15H24N2O2S/c1-14(2,3)19-13(18)17-15(7-5-8-15)11-16-10-12-6-4-9-20-12/h4,6,9,16H,5,7-8,10-11H2,1-3H3,(H,17,18). The number of alkyl carbamates (subject to hydrolysis) is 1. The molecule has 1 aromatic rings. The van der Waals surface area contributed by atoms with Crippen LogP contribution < -0.4 is 10.6 Å². The molecule has 0 unspecified atom stereocenters. The molecule has 1 aliphatic carbocycles. The van der Waals surface area contributed by atoms with Crippen molar-refractivity contribution >= 4 is 17.4 Å². The molecule has 0 saturated heterocycles. The lowest BCUT2D eigenvalue weighted by atomic mass is 9.76. The minimum Gasteiger partial charge on any atom is -0.444 e. The summed E-state index contributed by atoms with van der Waals surface area (Å²) in [5.41, 5.74) is -0.570. The second-order valence-electron chi connectivity index (χ2n) is 6.44. The van der Waals surface area contributed by atoms with Gasteiger partial charge in [0.05, 0.1) is 5.54 Å². The summed E-state index contributed by atoms with van der Waals surface area (Å²) in [6.07, 6.45) is 2.89. The zero-order valence-electron chi connectivity index (χ0n) is 12.5. The summed E-state index contributed by atoms with van der Waals surface area (Å²) in [4.78, 5) is 13.2. The first-order valence-corrected chi connectivity index (χ1v) is 8.01. The van der Waals surface area contributed by atoms with Gasteiger partial charge in [0.1, 0.15) is 5.60 Å². The first-order valence-electron chi connectivity index (χ1n) is 7.13. The van der Waals surface area contributed by atoms with E-state index in [1.165, 1.54) is 4.88 Å². The first kappa shape index (κ1) is 15.3. The summed E-state index contributed by atoms with van der Waals surface area (Å²) in [6, 6.07) is 4.17. The second-order valence-corrected chi connectivity index (χ2v) is 7.48. The largest absolute Gasteiger partial charge is 0.444 e. The first-order chi connectivity index (χ1) is 9.39. The smallest absolute Gasteiger partial charge is 0.408 e. The van der Waals surface area contributed by atoms with E-state index in [4.69, 9.17) is 4.74 Å². The number of nitrogens with one attached hydrogen (secondary N) is 2. The lowest BCUT2D eigenvalue weighted by Gasteiger charge is -2.42. The highest BCUT2D eigenvalue weighted by Crippen LogP contribution is 2.31. The zero-order chi connectivity index (χ0) is 14.6. The number of carbonyl (C=O) groups excluding carboxylic acids is 1. The van der Waals surface area contributed by atoms with E-state index >= 15 is 0 Å². The van der Waals surface area contributed by atoms with Crippen LogP contribution in [0.4, 0.5) is 4.79 Å². The number of thiophene rings is 1. The molecular weight excluding hydrogens is 272 g/mol. The van der Waals surface area contributed by atoms with Crippen LogP contribution in [0.1, 0.15) is 44.9 Å². The van der Waals surface area contributed by atoms with Gasteiger partial charge in [-0.25, -0.2) is 4.79 Å². The highest BCUT2D eigenvalue weighted by atomic mass is 32.1. The van der Waals surface area contributed by atoms with Gasteiger partial charge in [-0.2, -0.15) is 0 Å². The highest BCUT2D eigenvalue weighted by molar-refractivity contribution is 7.09. The third-order valence-corrected chi connectivity index (χ3v) is 4.30. The molecule has 0 radical (unpaired) electrons. The molecule has 2 rings (SSSR count). The maximum atomic E-state index is 11.9. The highest BCUT2D eigenvalue weighted by Gasteiger charge is 2.39. The lowest BCUT2D eigenvalue weighted by Crippen LogP contribution is -2.59. The van der Waals surface area contributed by atoms with E-state index in [9.17, 15) is 4.79 Å². The molecule has 1 fully saturated rings. The number of hydrogen-bond donors (Lipinski definition) is 2. The minimum absolute atomic E-state index is 0.125. The molecule has 2 N–H and O–H groups in total. The van der Waals surface area contributed by atoms with E-state index in [1.54, 1.807) is 11.3 Å². The molecule has 1 heterocycles. The van der Waals surface area contributed by atoms with E-state index in [1.807, 2.05) is 20.8 Å². The molecule has 0 atom stereocenters. The van der Waals surface area contributed by atoms with Crippen molar-refractivity contribution in [3.63, 3.8) is 0 Å². The lowest BCUT2D eigenvalue weighted by molar-refractivity contribution is 0.0382. The van der Waals surface area contributed by atoms with Crippen LogP contribution in [0.3, 0.4) is 0 Å². The Kier molecular flexibility index (Phi) is 4.70. The Hall–Kier alpha value is -1.07. The number of rotatable bonds is 5. The van der Waals surface area contributed by atoms with Crippen LogP contribution in [-0.4, -0.2) is 23.8 Å². The van der Waals surface area contributed by atoms with Crippen molar-refractivity contribution in [2.45, 2.75) is 57.7 Å². The van der Waals surface area contributed by atoms with Crippen molar-refractivity contribution in [2.24, 2.45) is 0 Å². The molecule has 0 bridgehead atoms. The van der Waals surface area contributed by atoms with Gasteiger partial charge in [-0.15, -0.1) is 11.3 Å². The Morgan fingerprint density at radius 1 is 1.45 bits per heavy atom. The van der Waals surface area contributed by atoms with Gasteiger partial charge in [0.25, 0.3) is 0 Å². The maximum absolute atomic E-state index is 11.9. The average Bonchev–Trinajstić information content (AvgIpc) is 2.75. The fraction of sp³-hybridized carbons (Fsp3) is 0.667. The van der Waals surface area contributed by atoms with E-state index in [0.717, 1.165) is 32.4 Å². The molecule has 1 aromatic heterocycles. The Balaban J connectivity index is 1.78. The molecule has 1 saturated carbocycles. The molecule has 20 heavy (non-hydrogen) atoms. The van der Waals surface area contributed by atoms with Crippen LogP contribution >= 0.6 is 11.3 Å². The number of amides is 1. The Morgan fingerprint density at radius 3 is 2.70 bits per heavy atom. The van der Waals surface area contributed by atoms with Crippen molar-refractivity contribution in [3.05, 3.63) is 22.4 Å². The summed E-state index contributed by atoms with van der Waals surface area (Å²) in [7, 11) is 0. The van der Waals surface area contributed by atoms with Gasteiger partial charge in [-0.3, -0.25) is 0 Å². The third kappa shape index (κ3) is 4.49.